The number of thioether (sulfide) groups is 1. The summed E-state index contributed by atoms with van der Waals surface area (Å²) in [5.74, 6) is 1.61. The van der Waals surface area contributed by atoms with Crippen molar-refractivity contribution in [3.8, 4) is 0 Å². The number of nitrogens with zero attached hydrogens (tertiary/aromatic N) is 1. The number of nitrogens with one attached hydrogen (secondary N) is 1. The summed E-state index contributed by atoms with van der Waals surface area (Å²) in [6.45, 7) is 5.10. The summed E-state index contributed by atoms with van der Waals surface area (Å²) in [4.78, 5) is 13.3. The van der Waals surface area contributed by atoms with E-state index in [0.717, 1.165) is 25.2 Å². The van der Waals surface area contributed by atoms with E-state index in [2.05, 4.69) is 10.2 Å². The van der Waals surface area contributed by atoms with Crippen LogP contribution in [0.5, 0.6) is 0 Å². The molecule has 1 heterocycles. The van der Waals surface area contributed by atoms with E-state index >= 15 is 0 Å². The summed E-state index contributed by atoms with van der Waals surface area (Å²) >= 11 is 2.02. The van der Waals surface area contributed by atoms with Crippen molar-refractivity contribution in [1.82, 2.24) is 10.2 Å². The van der Waals surface area contributed by atoms with E-state index in [1.165, 1.54) is 24.6 Å². The molecule has 5 heteroatoms. The fourth-order valence-corrected chi connectivity index (χ4v) is 3.09. The first-order valence-electron chi connectivity index (χ1n) is 6.59. The van der Waals surface area contributed by atoms with Crippen molar-refractivity contribution in [2.45, 2.75) is 6.54 Å². The van der Waals surface area contributed by atoms with E-state index in [9.17, 15) is 4.79 Å². The third-order valence-electron chi connectivity index (χ3n) is 3.21. The molecule has 0 radical (unpaired) electrons. The number of benzene rings is 1. The Morgan fingerprint density at radius 2 is 2.16 bits per heavy atom. The van der Waals surface area contributed by atoms with Crippen LogP contribution in [-0.2, 0) is 6.54 Å². The average molecular weight is 280 g/mol. The van der Waals surface area contributed by atoms with Gasteiger partial charge in [0.05, 0.1) is 5.56 Å². The van der Waals surface area contributed by atoms with Gasteiger partial charge in [0, 0.05) is 44.2 Å². The van der Waals surface area contributed by atoms with Gasteiger partial charge in [-0.1, -0.05) is 12.1 Å². The lowest BCUT2D eigenvalue weighted by Gasteiger charge is -2.26. The highest BCUT2D eigenvalue weighted by Gasteiger charge is 2.09. The molecule has 0 bridgehead atoms. The molecular weight excluding hydrogens is 260 g/mol. The van der Waals surface area contributed by atoms with Crippen LogP contribution < -0.4 is 5.32 Å². The summed E-state index contributed by atoms with van der Waals surface area (Å²) in [5.41, 5.74) is 1.38. The van der Waals surface area contributed by atoms with Crippen molar-refractivity contribution in [3.05, 3.63) is 35.4 Å². The zero-order chi connectivity index (χ0) is 13.5. The Morgan fingerprint density at radius 1 is 1.37 bits per heavy atom. The van der Waals surface area contributed by atoms with Crippen molar-refractivity contribution >= 4 is 17.7 Å². The van der Waals surface area contributed by atoms with E-state index < -0.39 is 5.97 Å². The third-order valence-corrected chi connectivity index (χ3v) is 4.15. The molecule has 0 spiro atoms. The Balaban J connectivity index is 1.70. The van der Waals surface area contributed by atoms with E-state index in [0.29, 0.717) is 5.56 Å². The maximum absolute atomic E-state index is 10.9. The minimum Gasteiger partial charge on any atom is -0.478 e. The fourth-order valence-electron chi connectivity index (χ4n) is 2.11. The van der Waals surface area contributed by atoms with Crippen LogP contribution in [0.4, 0.5) is 0 Å². The lowest BCUT2D eigenvalue weighted by atomic mass is 10.1. The van der Waals surface area contributed by atoms with Crippen LogP contribution >= 0.6 is 11.8 Å². The SMILES string of the molecule is O=C(O)c1cccc(CNCCN2CCSCC2)c1. The van der Waals surface area contributed by atoms with Crippen molar-refractivity contribution < 1.29 is 9.90 Å². The molecule has 4 nitrogen and oxygen atoms in total. The average Bonchev–Trinajstić information content (AvgIpc) is 2.45. The molecule has 1 aromatic rings. The second-order valence-electron chi connectivity index (χ2n) is 4.64. The van der Waals surface area contributed by atoms with Gasteiger partial charge in [0.1, 0.15) is 0 Å². The number of carboxylic acids is 1. The number of aromatic carboxylic acids is 1. The maximum Gasteiger partial charge on any atom is 0.335 e. The molecule has 0 aliphatic carbocycles. The van der Waals surface area contributed by atoms with Crippen LogP contribution in [0, 0.1) is 0 Å². The molecule has 1 aliphatic rings. The highest BCUT2D eigenvalue weighted by Crippen LogP contribution is 2.08. The molecule has 2 rings (SSSR count). The zero-order valence-electron chi connectivity index (χ0n) is 11.0. The molecule has 2 N–H and O–H groups in total. The number of rotatable bonds is 6. The Bertz CT molecular complexity index is 420. The van der Waals surface area contributed by atoms with E-state index in [1.54, 1.807) is 18.2 Å². The van der Waals surface area contributed by atoms with Crippen molar-refractivity contribution in [1.29, 1.82) is 0 Å². The van der Waals surface area contributed by atoms with Gasteiger partial charge < -0.3 is 15.3 Å². The van der Waals surface area contributed by atoms with Crippen molar-refractivity contribution in [2.75, 3.05) is 37.7 Å². The standard InChI is InChI=1S/C14H20N2O2S/c17-14(18)13-3-1-2-12(10-13)11-15-4-5-16-6-8-19-9-7-16/h1-3,10,15H,4-9,11H2,(H,17,18). The number of hydrogen-bond donors (Lipinski definition) is 2. The van der Waals surface area contributed by atoms with Crippen molar-refractivity contribution in [3.63, 3.8) is 0 Å². The van der Waals surface area contributed by atoms with Crippen LogP contribution in [0.15, 0.2) is 24.3 Å². The van der Waals surface area contributed by atoms with Crippen LogP contribution in [0.2, 0.25) is 0 Å². The van der Waals surface area contributed by atoms with Gasteiger partial charge >= 0.3 is 5.97 Å². The molecule has 1 aromatic carbocycles. The first-order valence-corrected chi connectivity index (χ1v) is 7.74. The molecule has 0 aromatic heterocycles. The zero-order valence-corrected chi connectivity index (χ0v) is 11.8. The fraction of sp³-hybridized carbons (Fsp3) is 0.500. The summed E-state index contributed by atoms with van der Waals surface area (Å²) in [6, 6.07) is 7.10. The van der Waals surface area contributed by atoms with Gasteiger partial charge in [0.2, 0.25) is 0 Å². The maximum atomic E-state index is 10.9. The Morgan fingerprint density at radius 3 is 2.89 bits per heavy atom. The van der Waals surface area contributed by atoms with Crippen LogP contribution in [-0.4, -0.2) is 53.7 Å². The summed E-state index contributed by atoms with van der Waals surface area (Å²) in [6.07, 6.45) is 0. The summed E-state index contributed by atoms with van der Waals surface area (Å²) in [7, 11) is 0. The van der Waals surface area contributed by atoms with Gasteiger partial charge in [0.25, 0.3) is 0 Å². The highest BCUT2D eigenvalue weighted by atomic mass is 32.2. The minimum atomic E-state index is -0.868. The first-order chi connectivity index (χ1) is 9.25. The van der Waals surface area contributed by atoms with Gasteiger partial charge in [-0.15, -0.1) is 0 Å². The highest BCUT2D eigenvalue weighted by molar-refractivity contribution is 7.99. The molecule has 1 fully saturated rings. The van der Waals surface area contributed by atoms with E-state index in [-0.39, 0.29) is 0 Å². The molecular formula is C14H20N2O2S. The topological polar surface area (TPSA) is 52.6 Å². The Labute approximate surface area is 118 Å². The Hall–Kier alpha value is -1.04. The van der Waals surface area contributed by atoms with Crippen LogP contribution in [0.1, 0.15) is 15.9 Å². The normalized spacial score (nSPS) is 16.4. The van der Waals surface area contributed by atoms with Crippen molar-refractivity contribution in [2.24, 2.45) is 0 Å². The summed E-state index contributed by atoms with van der Waals surface area (Å²) in [5, 5.41) is 12.3. The van der Waals surface area contributed by atoms with Gasteiger partial charge in [-0.2, -0.15) is 11.8 Å². The molecule has 19 heavy (non-hydrogen) atoms. The van der Waals surface area contributed by atoms with Gasteiger partial charge in [-0.05, 0) is 17.7 Å². The Kier molecular flexibility index (Phi) is 5.69. The molecule has 1 saturated heterocycles. The van der Waals surface area contributed by atoms with E-state index in [4.69, 9.17) is 5.11 Å². The van der Waals surface area contributed by atoms with Gasteiger partial charge in [-0.3, -0.25) is 0 Å². The van der Waals surface area contributed by atoms with Crippen LogP contribution in [0.3, 0.4) is 0 Å². The van der Waals surface area contributed by atoms with Gasteiger partial charge in [0.15, 0.2) is 0 Å². The minimum absolute atomic E-state index is 0.354. The third kappa shape index (κ3) is 4.86. The smallest absolute Gasteiger partial charge is 0.335 e. The molecule has 0 atom stereocenters. The van der Waals surface area contributed by atoms with Crippen LogP contribution in [0.25, 0.3) is 0 Å². The lowest BCUT2D eigenvalue weighted by Crippen LogP contribution is -2.37. The largest absolute Gasteiger partial charge is 0.478 e. The number of carbonyl (C=O) groups is 1. The molecule has 104 valence electrons. The quantitative estimate of drug-likeness (QED) is 0.774. The first kappa shape index (κ1) is 14.4. The molecule has 1 aliphatic heterocycles. The second-order valence-corrected chi connectivity index (χ2v) is 5.86. The monoisotopic (exact) mass is 280 g/mol. The molecule has 0 unspecified atom stereocenters. The number of carboxylic acid groups (broad SMARTS) is 1. The second kappa shape index (κ2) is 7.53. The lowest BCUT2D eigenvalue weighted by molar-refractivity contribution is 0.0696. The molecule has 0 amide bonds. The van der Waals surface area contributed by atoms with E-state index in [1.807, 2.05) is 17.8 Å². The number of hydrogen-bond acceptors (Lipinski definition) is 4. The summed E-state index contributed by atoms with van der Waals surface area (Å²) < 4.78 is 0. The van der Waals surface area contributed by atoms with Gasteiger partial charge in [-0.25, -0.2) is 4.79 Å². The predicted octanol–water partition coefficient (Wildman–Crippen LogP) is 1.52. The predicted molar refractivity (Wildman–Crippen MR) is 78.9 cm³/mol. The molecule has 0 saturated carbocycles.